The summed E-state index contributed by atoms with van der Waals surface area (Å²) in [6.45, 7) is 0.0857. The number of pyridine rings is 1. The molecule has 5 nitrogen and oxygen atoms in total. The summed E-state index contributed by atoms with van der Waals surface area (Å²) in [7, 11) is -3.70. The number of aliphatic hydroxyl groups excluding tert-OH is 1. The van der Waals surface area contributed by atoms with Crippen molar-refractivity contribution in [3.63, 3.8) is 0 Å². The molecule has 22 heavy (non-hydrogen) atoms. The Morgan fingerprint density at radius 1 is 1.09 bits per heavy atom. The predicted octanol–water partition coefficient (Wildman–Crippen LogP) is 1.96. The fourth-order valence-electron chi connectivity index (χ4n) is 2.03. The molecule has 0 aliphatic rings. The van der Waals surface area contributed by atoms with Crippen LogP contribution in [-0.4, -0.2) is 42.5 Å². The molecule has 0 amide bonds. The van der Waals surface area contributed by atoms with Gasteiger partial charge < -0.3 is 5.11 Å². The Kier molecular flexibility index (Phi) is 5.90. The van der Waals surface area contributed by atoms with Gasteiger partial charge >= 0.3 is 0 Å². The molecule has 0 fully saturated rings. The van der Waals surface area contributed by atoms with Gasteiger partial charge in [0.05, 0.1) is 6.61 Å². The van der Waals surface area contributed by atoms with E-state index >= 15 is 0 Å². The van der Waals surface area contributed by atoms with E-state index in [-0.39, 0.29) is 29.7 Å². The van der Waals surface area contributed by atoms with Crippen molar-refractivity contribution in [3.05, 3.63) is 59.4 Å². The predicted molar refractivity (Wildman–Crippen MR) is 85.2 cm³/mol. The molecule has 0 aliphatic carbocycles. The Bertz CT molecular complexity index is 690. The number of aliphatic hydroxyl groups is 1. The molecule has 118 valence electrons. The Morgan fingerprint density at radius 3 is 2.41 bits per heavy atom. The van der Waals surface area contributed by atoms with Gasteiger partial charge in [-0.3, -0.25) is 0 Å². The first-order valence-corrected chi connectivity index (χ1v) is 8.62. The lowest BCUT2D eigenvalue weighted by atomic mass is 10.1. The first-order chi connectivity index (χ1) is 10.5. The Hall–Kier alpha value is -1.47. The average molecular weight is 341 g/mol. The highest BCUT2D eigenvalue weighted by atomic mass is 35.5. The maximum absolute atomic E-state index is 12.6. The first-order valence-electron chi connectivity index (χ1n) is 6.80. The standard InChI is InChI=1S/C15H17ClN2O3S/c16-15-7-6-14(12-17-15)22(20,21)18(10-11-19)9-8-13-4-2-1-3-5-13/h1-7,12,19H,8-11H2. The maximum atomic E-state index is 12.6. The summed E-state index contributed by atoms with van der Waals surface area (Å²) in [4.78, 5) is 3.87. The third kappa shape index (κ3) is 4.27. The molecule has 0 saturated heterocycles. The number of rotatable bonds is 7. The van der Waals surface area contributed by atoms with E-state index < -0.39 is 10.0 Å². The van der Waals surface area contributed by atoms with Crippen LogP contribution in [0, 0.1) is 0 Å². The van der Waals surface area contributed by atoms with E-state index in [2.05, 4.69) is 4.98 Å². The van der Waals surface area contributed by atoms with Crippen molar-refractivity contribution >= 4 is 21.6 Å². The SMILES string of the molecule is O=S(=O)(c1ccc(Cl)nc1)N(CCO)CCc1ccccc1. The molecular formula is C15H17ClN2O3S. The van der Waals surface area contributed by atoms with Crippen molar-refractivity contribution in [1.82, 2.24) is 9.29 Å². The minimum Gasteiger partial charge on any atom is -0.395 e. The molecule has 2 rings (SSSR count). The molecular weight excluding hydrogens is 324 g/mol. The first kappa shape index (κ1) is 16.9. The lowest BCUT2D eigenvalue weighted by molar-refractivity contribution is 0.254. The molecule has 2 aromatic rings. The Balaban J connectivity index is 2.17. The minimum absolute atomic E-state index is 0.0395. The lowest BCUT2D eigenvalue weighted by Gasteiger charge is -2.21. The lowest BCUT2D eigenvalue weighted by Crippen LogP contribution is -2.35. The summed E-state index contributed by atoms with van der Waals surface area (Å²) in [5.74, 6) is 0. The zero-order chi connectivity index (χ0) is 16.0. The number of halogens is 1. The number of hydrogen-bond donors (Lipinski definition) is 1. The molecule has 0 saturated carbocycles. The quantitative estimate of drug-likeness (QED) is 0.782. The summed E-state index contributed by atoms with van der Waals surface area (Å²) >= 11 is 5.68. The van der Waals surface area contributed by atoms with Crippen molar-refractivity contribution in [2.24, 2.45) is 0 Å². The smallest absolute Gasteiger partial charge is 0.244 e. The monoisotopic (exact) mass is 340 g/mol. The van der Waals surface area contributed by atoms with Crippen LogP contribution in [0.3, 0.4) is 0 Å². The van der Waals surface area contributed by atoms with E-state index in [0.29, 0.717) is 6.42 Å². The third-order valence-corrected chi connectivity index (χ3v) is 5.29. The van der Waals surface area contributed by atoms with Gasteiger partial charge in [0.1, 0.15) is 10.0 Å². The van der Waals surface area contributed by atoms with Crippen LogP contribution < -0.4 is 0 Å². The second-order valence-corrected chi connectivity index (χ2v) is 7.01. The van der Waals surface area contributed by atoms with E-state index in [1.165, 1.54) is 22.6 Å². The zero-order valence-electron chi connectivity index (χ0n) is 11.9. The number of nitrogens with zero attached hydrogens (tertiary/aromatic N) is 2. The van der Waals surface area contributed by atoms with Crippen molar-refractivity contribution < 1.29 is 13.5 Å². The number of hydrogen-bond acceptors (Lipinski definition) is 4. The molecule has 1 heterocycles. The van der Waals surface area contributed by atoms with E-state index in [1.807, 2.05) is 30.3 Å². The summed E-state index contributed by atoms with van der Waals surface area (Å²) in [6.07, 6.45) is 1.80. The molecule has 0 unspecified atom stereocenters. The van der Waals surface area contributed by atoms with Gasteiger partial charge in [-0.2, -0.15) is 4.31 Å². The van der Waals surface area contributed by atoms with Gasteiger partial charge in [0.25, 0.3) is 0 Å². The molecule has 0 atom stereocenters. The van der Waals surface area contributed by atoms with E-state index in [9.17, 15) is 8.42 Å². The highest BCUT2D eigenvalue weighted by molar-refractivity contribution is 7.89. The van der Waals surface area contributed by atoms with Crippen LogP contribution >= 0.6 is 11.6 Å². The topological polar surface area (TPSA) is 70.5 Å². The van der Waals surface area contributed by atoms with Crippen LogP contribution in [0.4, 0.5) is 0 Å². The van der Waals surface area contributed by atoms with Gasteiger partial charge in [-0.1, -0.05) is 41.9 Å². The Labute approximate surface area is 135 Å². The van der Waals surface area contributed by atoms with Crippen LogP contribution in [-0.2, 0) is 16.4 Å². The third-order valence-electron chi connectivity index (χ3n) is 3.18. The average Bonchev–Trinajstić information content (AvgIpc) is 2.52. The van der Waals surface area contributed by atoms with Crippen LogP contribution in [0.25, 0.3) is 0 Å². The van der Waals surface area contributed by atoms with Gasteiger partial charge in [-0.15, -0.1) is 0 Å². The maximum Gasteiger partial charge on any atom is 0.244 e. The number of aromatic nitrogens is 1. The molecule has 1 N–H and O–H groups in total. The minimum atomic E-state index is -3.70. The van der Waals surface area contributed by atoms with Crippen molar-refractivity contribution in [1.29, 1.82) is 0 Å². The summed E-state index contributed by atoms with van der Waals surface area (Å²) < 4.78 is 26.4. The zero-order valence-corrected chi connectivity index (χ0v) is 13.5. The fourth-order valence-corrected chi connectivity index (χ4v) is 3.52. The van der Waals surface area contributed by atoms with Gasteiger partial charge in [0.15, 0.2) is 0 Å². The van der Waals surface area contributed by atoms with E-state index in [4.69, 9.17) is 16.7 Å². The number of sulfonamides is 1. The largest absolute Gasteiger partial charge is 0.395 e. The van der Waals surface area contributed by atoms with Gasteiger partial charge in [-0.05, 0) is 24.1 Å². The normalized spacial score (nSPS) is 11.8. The van der Waals surface area contributed by atoms with Crippen LogP contribution in [0.2, 0.25) is 5.15 Å². The van der Waals surface area contributed by atoms with E-state index in [0.717, 1.165) is 5.56 Å². The molecule has 0 spiro atoms. The van der Waals surface area contributed by atoms with Gasteiger partial charge in [0, 0.05) is 19.3 Å². The fraction of sp³-hybridized carbons (Fsp3) is 0.267. The molecule has 7 heteroatoms. The highest BCUT2D eigenvalue weighted by Crippen LogP contribution is 2.17. The van der Waals surface area contributed by atoms with Crippen molar-refractivity contribution in [2.45, 2.75) is 11.3 Å². The van der Waals surface area contributed by atoms with Crippen LogP contribution in [0.5, 0.6) is 0 Å². The van der Waals surface area contributed by atoms with Gasteiger partial charge in [0.2, 0.25) is 10.0 Å². The van der Waals surface area contributed by atoms with Gasteiger partial charge in [-0.25, -0.2) is 13.4 Å². The Morgan fingerprint density at radius 2 is 1.82 bits per heavy atom. The highest BCUT2D eigenvalue weighted by Gasteiger charge is 2.24. The second-order valence-electron chi connectivity index (χ2n) is 4.68. The number of benzene rings is 1. The summed E-state index contributed by atoms with van der Waals surface area (Å²) in [5.41, 5.74) is 1.04. The van der Waals surface area contributed by atoms with Crippen molar-refractivity contribution in [3.8, 4) is 0 Å². The molecule has 0 bridgehead atoms. The second kappa shape index (κ2) is 7.69. The molecule has 0 radical (unpaired) electrons. The summed E-state index contributed by atoms with van der Waals surface area (Å²) in [5, 5.41) is 9.38. The van der Waals surface area contributed by atoms with E-state index in [1.54, 1.807) is 0 Å². The summed E-state index contributed by atoms with van der Waals surface area (Å²) in [6, 6.07) is 12.4. The molecule has 0 aliphatic heterocycles. The van der Waals surface area contributed by atoms with Crippen LogP contribution in [0.15, 0.2) is 53.6 Å². The molecule has 1 aromatic carbocycles. The van der Waals surface area contributed by atoms with Crippen molar-refractivity contribution in [2.75, 3.05) is 19.7 Å². The molecule has 1 aromatic heterocycles. The van der Waals surface area contributed by atoms with Crippen LogP contribution in [0.1, 0.15) is 5.56 Å².